The van der Waals surface area contributed by atoms with Crippen molar-refractivity contribution in [3.63, 3.8) is 0 Å². The maximum Gasteiger partial charge on any atom is 0.253 e. The van der Waals surface area contributed by atoms with E-state index in [9.17, 15) is 9.59 Å². The van der Waals surface area contributed by atoms with Gasteiger partial charge in [-0.15, -0.1) is 0 Å². The summed E-state index contributed by atoms with van der Waals surface area (Å²) in [7, 11) is 0. The fraction of sp³-hybridized carbons (Fsp3) is 0.364. The zero-order valence-electron chi connectivity index (χ0n) is 15.3. The molecule has 2 aliphatic heterocycles. The van der Waals surface area contributed by atoms with Crippen LogP contribution in [0.2, 0.25) is 0 Å². The predicted molar refractivity (Wildman–Crippen MR) is 103 cm³/mol. The number of hydrogen-bond acceptors (Lipinski definition) is 3. The van der Waals surface area contributed by atoms with Crippen LogP contribution in [0.1, 0.15) is 22.3 Å². The summed E-state index contributed by atoms with van der Waals surface area (Å²) in [5.74, 6) is 1.07. The van der Waals surface area contributed by atoms with E-state index in [1.54, 1.807) is 0 Å². The Labute approximate surface area is 159 Å². The maximum atomic E-state index is 13.0. The normalized spacial score (nSPS) is 19.6. The molecule has 0 spiro atoms. The summed E-state index contributed by atoms with van der Waals surface area (Å²) < 4.78 is 5.79. The van der Waals surface area contributed by atoms with Gasteiger partial charge in [-0.25, -0.2) is 0 Å². The Morgan fingerprint density at radius 3 is 2.30 bits per heavy atom. The second-order valence-corrected chi connectivity index (χ2v) is 7.13. The Morgan fingerprint density at radius 1 is 0.852 bits per heavy atom. The Balaban J connectivity index is 1.37. The Bertz CT molecular complexity index is 813. The lowest BCUT2D eigenvalue weighted by Crippen LogP contribution is -2.52. The minimum Gasteiger partial charge on any atom is -0.493 e. The molecule has 2 aliphatic rings. The molecule has 2 aromatic rings. The molecular formula is C22H24N2O3. The molecule has 0 radical (unpaired) electrons. The molecule has 0 bridgehead atoms. The van der Waals surface area contributed by atoms with Crippen molar-refractivity contribution in [2.24, 2.45) is 5.92 Å². The lowest BCUT2D eigenvalue weighted by molar-refractivity contribution is -0.137. The second-order valence-electron chi connectivity index (χ2n) is 7.13. The first-order chi connectivity index (χ1) is 13.2. The molecule has 1 unspecified atom stereocenters. The van der Waals surface area contributed by atoms with Gasteiger partial charge in [0.25, 0.3) is 5.91 Å². The molecule has 0 aromatic heterocycles. The summed E-state index contributed by atoms with van der Waals surface area (Å²) >= 11 is 0. The van der Waals surface area contributed by atoms with Crippen molar-refractivity contribution in [1.82, 2.24) is 9.80 Å². The highest BCUT2D eigenvalue weighted by molar-refractivity contribution is 5.94. The third-order valence-corrected chi connectivity index (χ3v) is 5.41. The molecule has 1 saturated heterocycles. The van der Waals surface area contributed by atoms with Crippen molar-refractivity contribution in [2.45, 2.75) is 12.8 Å². The smallest absolute Gasteiger partial charge is 0.253 e. The Morgan fingerprint density at radius 2 is 1.52 bits per heavy atom. The number of carbonyl (C=O) groups excluding carboxylic acids is 2. The minimum absolute atomic E-state index is 0.0412. The van der Waals surface area contributed by atoms with Gasteiger partial charge in [0.1, 0.15) is 5.75 Å². The van der Waals surface area contributed by atoms with E-state index in [4.69, 9.17) is 4.74 Å². The summed E-state index contributed by atoms with van der Waals surface area (Å²) in [6.45, 7) is 2.92. The number of amides is 2. The van der Waals surface area contributed by atoms with Gasteiger partial charge in [-0.1, -0.05) is 36.4 Å². The van der Waals surface area contributed by atoms with Crippen LogP contribution in [0.3, 0.4) is 0 Å². The lowest BCUT2D eigenvalue weighted by atomic mass is 9.95. The highest BCUT2D eigenvalue weighted by Gasteiger charge is 2.30. The number of piperazine rings is 1. The van der Waals surface area contributed by atoms with E-state index in [-0.39, 0.29) is 17.7 Å². The van der Waals surface area contributed by atoms with Crippen LogP contribution >= 0.6 is 0 Å². The van der Waals surface area contributed by atoms with Gasteiger partial charge in [0.15, 0.2) is 0 Å². The summed E-state index contributed by atoms with van der Waals surface area (Å²) in [6, 6.07) is 17.3. The molecule has 0 N–H and O–H groups in total. The van der Waals surface area contributed by atoms with E-state index < -0.39 is 0 Å². The predicted octanol–water partition coefficient (Wildman–Crippen LogP) is 2.61. The highest BCUT2D eigenvalue weighted by Crippen LogP contribution is 2.28. The number of para-hydroxylation sites is 1. The van der Waals surface area contributed by atoms with Crippen molar-refractivity contribution < 1.29 is 14.3 Å². The van der Waals surface area contributed by atoms with Crippen molar-refractivity contribution in [3.8, 4) is 5.75 Å². The first kappa shape index (κ1) is 17.6. The van der Waals surface area contributed by atoms with E-state index in [2.05, 4.69) is 0 Å². The summed E-state index contributed by atoms with van der Waals surface area (Å²) in [4.78, 5) is 29.3. The van der Waals surface area contributed by atoms with Gasteiger partial charge < -0.3 is 14.5 Å². The Kier molecular flexibility index (Phi) is 5.10. The largest absolute Gasteiger partial charge is 0.493 e. The van der Waals surface area contributed by atoms with E-state index >= 15 is 0 Å². The number of fused-ring (bicyclic) bond motifs is 1. The first-order valence-electron chi connectivity index (χ1n) is 9.56. The van der Waals surface area contributed by atoms with Gasteiger partial charge in [0, 0.05) is 37.7 Å². The third-order valence-electron chi connectivity index (χ3n) is 5.41. The summed E-state index contributed by atoms with van der Waals surface area (Å²) in [5, 5.41) is 0. The molecule has 2 amide bonds. The topological polar surface area (TPSA) is 49.9 Å². The molecule has 1 fully saturated rings. The molecule has 140 valence electrons. The number of nitrogens with zero attached hydrogens (tertiary/aromatic N) is 2. The zero-order valence-corrected chi connectivity index (χ0v) is 15.3. The molecule has 0 saturated carbocycles. The highest BCUT2D eigenvalue weighted by atomic mass is 16.5. The average molecular weight is 364 g/mol. The summed E-state index contributed by atoms with van der Waals surface area (Å²) in [6.07, 6.45) is 1.45. The van der Waals surface area contributed by atoms with Crippen LogP contribution in [-0.2, 0) is 11.2 Å². The minimum atomic E-state index is -0.0509. The van der Waals surface area contributed by atoms with E-state index in [0.717, 1.165) is 24.2 Å². The van der Waals surface area contributed by atoms with Gasteiger partial charge in [-0.05, 0) is 36.6 Å². The standard InChI is InChI=1S/C22H24N2O3/c25-21(17-6-2-1-3-7-17)23-11-13-24(14-12-23)22(26)19-10-15-27-20-9-5-4-8-18(20)16-19/h1-9,19H,10-16H2. The Hall–Kier alpha value is -2.82. The van der Waals surface area contributed by atoms with Crippen molar-refractivity contribution in [1.29, 1.82) is 0 Å². The number of benzene rings is 2. The van der Waals surface area contributed by atoms with Gasteiger partial charge in [0.2, 0.25) is 5.91 Å². The molecule has 27 heavy (non-hydrogen) atoms. The average Bonchev–Trinajstić information content (AvgIpc) is 2.96. The van der Waals surface area contributed by atoms with E-state index in [0.29, 0.717) is 38.3 Å². The van der Waals surface area contributed by atoms with Crippen LogP contribution < -0.4 is 4.74 Å². The van der Waals surface area contributed by atoms with Crippen molar-refractivity contribution in [2.75, 3.05) is 32.8 Å². The zero-order chi connectivity index (χ0) is 18.6. The molecule has 0 aliphatic carbocycles. The quantitative estimate of drug-likeness (QED) is 0.823. The monoisotopic (exact) mass is 364 g/mol. The maximum absolute atomic E-state index is 13.0. The fourth-order valence-electron chi connectivity index (χ4n) is 3.85. The SMILES string of the molecule is O=C(c1ccccc1)N1CCN(C(=O)C2CCOc3ccccc3C2)CC1. The van der Waals surface area contributed by atoms with Crippen LogP contribution in [0.5, 0.6) is 5.75 Å². The van der Waals surface area contributed by atoms with Crippen LogP contribution in [0, 0.1) is 5.92 Å². The number of hydrogen-bond donors (Lipinski definition) is 0. The van der Waals surface area contributed by atoms with E-state index in [1.807, 2.05) is 64.4 Å². The molecular weight excluding hydrogens is 340 g/mol. The van der Waals surface area contributed by atoms with Crippen molar-refractivity contribution in [3.05, 3.63) is 65.7 Å². The number of carbonyl (C=O) groups is 2. The third kappa shape index (κ3) is 3.82. The van der Waals surface area contributed by atoms with Crippen molar-refractivity contribution >= 4 is 11.8 Å². The molecule has 5 heteroatoms. The summed E-state index contributed by atoms with van der Waals surface area (Å²) in [5.41, 5.74) is 1.81. The molecule has 4 rings (SSSR count). The second kappa shape index (κ2) is 7.82. The van der Waals surface area contributed by atoms with Gasteiger partial charge in [-0.3, -0.25) is 9.59 Å². The molecule has 1 atom stereocenters. The molecule has 2 aromatic carbocycles. The molecule has 5 nitrogen and oxygen atoms in total. The number of ether oxygens (including phenoxy) is 1. The van der Waals surface area contributed by atoms with Gasteiger partial charge >= 0.3 is 0 Å². The number of rotatable bonds is 2. The lowest BCUT2D eigenvalue weighted by Gasteiger charge is -2.36. The van der Waals surface area contributed by atoms with Crippen LogP contribution in [0.4, 0.5) is 0 Å². The van der Waals surface area contributed by atoms with Gasteiger partial charge in [0.05, 0.1) is 6.61 Å². The van der Waals surface area contributed by atoms with Gasteiger partial charge in [-0.2, -0.15) is 0 Å². The van der Waals surface area contributed by atoms with Crippen LogP contribution in [0.15, 0.2) is 54.6 Å². The van der Waals surface area contributed by atoms with Crippen LogP contribution in [-0.4, -0.2) is 54.4 Å². The fourth-order valence-corrected chi connectivity index (χ4v) is 3.85. The van der Waals surface area contributed by atoms with E-state index in [1.165, 1.54) is 0 Å². The molecule has 2 heterocycles. The van der Waals surface area contributed by atoms with Crippen LogP contribution in [0.25, 0.3) is 0 Å². The first-order valence-corrected chi connectivity index (χ1v) is 9.56.